The van der Waals surface area contributed by atoms with Gasteiger partial charge in [0.25, 0.3) is 5.91 Å². The second-order valence-electron chi connectivity index (χ2n) is 6.46. The first-order valence-electron chi connectivity index (χ1n) is 8.69. The molecule has 1 saturated heterocycles. The summed E-state index contributed by atoms with van der Waals surface area (Å²) in [4.78, 5) is 14.4. The zero-order chi connectivity index (χ0) is 21.2. The summed E-state index contributed by atoms with van der Waals surface area (Å²) in [6, 6.07) is 7.80. The van der Waals surface area contributed by atoms with Crippen molar-refractivity contribution in [3.63, 3.8) is 0 Å². The molecule has 0 aromatic heterocycles. The van der Waals surface area contributed by atoms with Crippen molar-refractivity contribution in [3.05, 3.63) is 57.6 Å². The lowest BCUT2D eigenvalue weighted by Crippen LogP contribution is -2.35. The van der Waals surface area contributed by atoms with Gasteiger partial charge in [-0.2, -0.15) is 13.2 Å². The van der Waals surface area contributed by atoms with Gasteiger partial charge in [0, 0.05) is 18.1 Å². The molecular formula is C19H16Cl2F3N3OS. The number of benzene rings is 2. The molecule has 0 aliphatic carbocycles. The predicted octanol–water partition coefficient (Wildman–Crippen LogP) is 5.74. The van der Waals surface area contributed by atoms with Crippen LogP contribution in [0.1, 0.15) is 28.8 Å². The highest BCUT2D eigenvalue weighted by Gasteiger charge is 2.32. The molecule has 1 aliphatic heterocycles. The highest BCUT2D eigenvalue weighted by Crippen LogP contribution is 2.36. The van der Waals surface area contributed by atoms with Crippen LogP contribution in [-0.4, -0.2) is 24.1 Å². The molecule has 0 spiro atoms. The topological polar surface area (TPSA) is 44.4 Å². The number of carbonyl (C=O) groups is 1. The molecule has 0 saturated carbocycles. The normalized spacial score (nSPS) is 14.0. The SMILES string of the molecule is O=C(NC(=S)Nc1cc(C(F)(F)F)ccc1N1CCCC1)c1cc(Cl)ccc1Cl. The zero-order valence-corrected chi connectivity index (χ0v) is 17.3. The summed E-state index contributed by atoms with van der Waals surface area (Å²) in [5.74, 6) is -0.621. The summed E-state index contributed by atoms with van der Waals surface area (Å²) in [5, 5.41) is 5.48. The Morgan fingerprint density at radius 1 is 1.07 bits per heavy atom. The van der Waals surface area contributed by atoms with Gasteiger partial charge in [-0.3, -0.25) is 10.1 Å². The number of amides is 1. The van der Waals surface area contributed by atoms with Crippen LogP contribution in [0.25, 0.3) is 0 Å². The van der Waals surface area contributed by atoms with Crippen molar-refractivity contribution in [2.24, 2.45) is 0 Å². The molecule has 29 heavy (non-hydrogen) atoms. The Bertz CT molecular complexity index is 947. The van der Waals surface area contributed by atoms with E-state index in [4.69, 9.17) is 35.4 Å². The lowest BCUT2D eigenvalue weighted by atomic mass is 10.1. The molecule has 2 aromatic carbocycles. The summed E-state index contributed by atoms with van der Waals surface area (Å²) in [5.41, 5.74) is 0.0548. The van der Waals surface area contributed by atoms with Crippen molar-refractivity contribution in [1.29, 1.82) is 0 Å². The van der Waals surface area contributed by atoms with Crippen molar-refractivity contribution >= 4 is 57.8 Å². The van der Waals surface area contributed by atoms with Crippen LogP contribution in [0.3, 0.4) is 0 Å². The number of nitrogens with one attached hydrogen (secondary N) is 2. The van der Waals surface area contributed by atoms with Gasteiger partial charge in [-0.25, -0.2) is 0 Å². The largest absolute Gasteiger partial charge is 0.416 e. The second kappa shape index (κ2) is 8.77. The van der Waals surface area contributed by atoms with Crippen molar-refractivity contribution in [2.45, 2.75) is 19.0 Å². The Kier molecular flexibility index (Phi) is 6.55. The van der Waals surface area contributed by atoms with E-state index in [1.54, 1.807) is 0 Å². The van der Waals surface area contributed by atoms with E-state index in [1.165, 1.54) is 24.3 Å². The Hall–Kier alpha value is -2.03. The van der Waals surface area contributed by atoms with E-state index in [0.29, 0.717) is 10.7 Å². The minimum Gasteiger partial charge on any atom is -0.370 e. The maximum Gasteiger partial charge on any atom is 0.416 e. The van der Waals surface area contributed by atoms with E-state index in [-0.39, 0.29) is 21.4 Å². The molecule has 154 valence electrons. The molecule has 1 amide bonds. The van der Waals surface area contributed by atoms with Crippen molar-refractivity contribution in [2.75, 3.05) is 23.3 Å². The number of carbonyl (C=O) groups excluding carboxylic acids is 1. The molecule has 0 unspecified atom stereocenters. The summed E-state index contributed by atoms with van der Waals surface area (Å²) in [6.45, 7) is 1.47. The van der Waals surface area contributed by atoms with Gasteiger partial charge >= 0.3 is 6.18 Å². The number of thiocarbonyl (C=S) groups is 1. The summed E-state index contributed by atoms with van der Waals surface area (Å²) < 4.78 is 39.5. The summed E-state index contributed by atoms with van der Waals surface area (Å²) in [7, 11) is 0. The van der Waals surface area contributed by atoms with Crippen LogP contribution >= 0.6 is 35.4 Å². The van der Waals surface area contributed by atoms with Crippen LogP contribution in [0.5, 0.6) is 0 Å². The van der Waals surface area contributed by atoms with Gasteiger partial charge in [-0.15, -0.1) is 0 Å². The van der Waals surface area contributed by atoms with Gasteiger partial charge in [0.2, 0.25) is 0 Å². The van der Waals surface area contributed by atoms with E-state index < -0.39 is 17.6 Å². The van der Waals surface area contributed by atoms with Gasteiger partial charge in [0.1, 0.15) is 0 Å². The van der Waals surface area contributed by atoms with Crippen molar-refractivity contribution < 1.29 is 18.0 Å². The van der Waals surface area contributed by atoms with Gasteiger partial charge in [-0.1, -0.05) is 23.2 Å². The summed E-state index contributed by atoms with van der Waals surface area (Å²) >= 11 is 17.0. The van der Waals surface area contributed by atoms with E-state index in [0.717, 1.165) is 38.1 Å². The minimum absolute atomic E-state index is 0.104. The fourth-order valence-corrected chi connectivity index (χ4v) is 3.62. The Balaban J connectivity index is 1.82. The van der Waals surface area contributed by atoms with Crippen molar-refractivity contribution in [1.82, 2.24) is 5.32 Å². The summed E-state index contributed by atoms with van der Waals surface area (Å²) in [6.07, 6.45) is -2.59. The first-order valence-corrected chi connectivity index (χ1v) is 9.85. The first kappa shape index (κ1) is 21.7. The number of alkyl halides is 3. The second-order valence-corrected chi connectivity index (χ2v) is 7.71. The lowest BCUT2D eigenvalue weighted by molar-refractivity contribution is -0.137. The highest BCUT2D eigenvalue weighted by atomic mass is 35.5. The van der Waals surface area contributed by atoms with Crippen LogP contribution in [0.2, 0.25) is 10.0 Å². The Morgan fingerprint density at radius 2 is 1.76 bits per heavy atom. The van der Waals surface area contributed by atoms with Crippen LogP contribution in [0, 0.1) is 0 Å². The first-order chi connectivity index (χ1) is 13.6. The average molecular weight is 462 g/mol. The van der Waals surface area contributed by atoms with E-state index in [9.17, 15) is 18.0 Å². The number of hydrogen-bond acceptors (Lipinski definition) is 3. The Morgan fingerprint density at radius 3 is 2.41 bits per heavy atom. The number of rotatable bonds is 3. The maximum absolute atomic E-state index is 13.2. The van der Waals surface area contributed by atoms with Gasteiger partial charge < -0.3 is 10.2 Å². The van der Waals surface area contributed by atoms with Gasteiger partial charge in [-0.05, 0) is 61.5 Å². The molecule has 3 rings (SSSR count). The fraction of sp³-hybridized carbons (Fsp3) is 0.263. The Labute approximate surface area is 181 Å². The molecule has 0 bridgehead atoms. The van der Waals surface area contributed by atoms with E-state index in [2.05, 4.69) is 10.6 Å². The number of nitrogens with zero attached hydrogens (tertiary/aromatic N) is 1. The molecule has 4 nitrogen and oxygen atoms in total. The van der Waals surface area contributed by atoms with Crippen molar-refractivity contribution in [3.8, 4) is 0 Å². The van der Waals surface area contributed by atoms with E-state index in [1.807, 2.05) is 4.90 Å². The minimum atomic E-state index is -4.50. The standard InChI is InChI=1S/C19H16Cl2F3N3OS/c20-12-4-5-14(21)13(10-12)17(28)26-18(29)25-15-9-11(19(22,23)24)3-6-16(15)27-7-1-2-8-27/h3-6,9-10H,1-2,7-8H2,(H2,25,26,28,29). The van der Waals surface area contributed by atoms with Crippen LogP contribution in [-0.2, 0) is 6.18 Å². The van der Waals surface area contributed by atoms with Crippen LogP contribution < -0.4 is 15.5 Å². The predicted molar refractivity (Wildman–Crippen MR) is 113 cm³/mol. The highest BCUT2D eigenvalue weighted by molar-refractivity contribution is 7.80. The third-order valence-electron chi connectivity index (χ3n) is 4.42. The zero-order valence-electron chi connectivity index (χ0n) is 14.9. The maximum atomic E-state index is 13.2. The molecule has 10 heteroatoms. The monoisotopic (exact) mass is 461 g/mol. The van der Waals surface area contributed by atoms with Crippen LogP contribution in [0.15, 0.2) is 36.4 Å². The smallest absolute Gasteiger partial charge is 0.370 e. The molecule has 1 fully saturated rings. The quantitative estimate of drug-likeness (QED) is 0.572. The third kappa shape index (κ3) is 5.32. The van der Waals surface area contributed by atoms with Gasteiger partial charge in [0.15, 0.2) is 5.11 Å². The molecule has 1 heterocycles. The number of hydrogen-bond donors (Lipinski definition) is 2. The third-order valence-corrected chi connectivity index (χ3v) is 5.19. The molecule has 1 aliphatic rings. The van der Waals surface area contributed by atoms with E-state index >= 15 is 0 Å². The lowest BCUT2D eigenvalue weighted by Gasteiger charge is -2.23. The molecule has 0 atom stereocenters. The molecule has 0 radical (unpaired) electrons. The van der Waals surface area contributed by atoms with Gasteiger partial charge in [0.05, 0.1) is 27.5 Å². The molecule has 2 aromatic rings. The number of anilines is 2. The molecular weight excluding hydrogens is 446 g/mol. The molecule has 2 N–H and O–H groups in total. The fourth-order valence-electron chi connectivity index (χ4n) is 3.04. The number of halogens is 5. The van der Waals surface area contributed by atoms with Crippen LogP contribution in [0.4, 0.5) is 24.5 Å². The average Bonchev–Trinajstić information content (AvgIpc) is 3.17.